The van der Waals surface area contributed by atoms with E-state index in [1.54, 1.807) is 52.3 Å². The van der Waals surface area contributed by atoms with Crippen LogP contribution in [0.4, 0.5) is 5.69 Å². The first-order chi connectivity index (χ1) is 28.9. The standard InChI is InChI=1S/C45H48N6O8Si/c1-29-41(60(4,5)56)38(21-24-48-27-36(46-47-48)34(28-52)31-11-7-6-8-12-31)59-45(29)35-25-33(50-23-10-14-40(58-3)43(50)54)19-20-37(35)51(44(45)55)26-30-15-17-32(18-16-30)49-22-9-13-39(57-2)42(49)53/h6-20,22-23,25,27,29,34,38,41,52,56H,21,24,26,28H2,1-5H3/t29-,34?,38+,41-,45+/m1/s1. The molecule has 2 aliphatic heterocycles. The Kier molecular flexibility index (Phi) is 10.9. The van der Waals surface area contributed by atoms with E-state index in [2.05, 4.69) is 10.3 Å². The number of aliphatic hydroxyl groups is 1. The van der Waals surface area contributed by atoms with E-state index in [1.807, 2.05) is 92.9 Å². The number of anilines is 1. The number of aryl methyl sites for hydroxylation is 1. The number of amides is 1. The molecule has 0 radical (unpaired) electrons. The summed E-state index contributed by atoms with van der Waals surface area (Å²) in [4.78, 5) is 55.4. The van der Waals surface area contributed by atoms with Crippen LogP contribution in [0.1, 0.15) is 41.6 Å². The lowest BCUT2D eigenvalue weighted by molar-refractivity contribution is -0.146. The van der Waals surface area contributed by atoms with Crippen molar-refractivity contribution in [2.24, 2.45) is 5.92 Å². The molecule has 0 saturated carbocycles. The third-order valence-corrected chi connectivity index (χ3v) is 14.5. The summed E-state index contributed by atoms with van der Waals surface area (Å²) in [5.41, 5.74) is 2.28. The Hall–Kier alpha value is -6.13. The second-order valence-electron chi connectivity index (χ2n) is 16.0. The van der Waals surface area contributed by atoms with Crippen LogP contribution in [0.5, 0.6) is 11.5 Å². The average Bonchev–Trinajstić information content (AvgIpc) is 3.91. The molecule has 1 fully saturated rings. The van der Waals surface area contributed by atoms with E-state index in [9.17, 15) is 19.5 Å². The number of hydrogen-bond donors (Lipinski definition) is 2. The van der Waals surface area contributed by atoms with E-state index in [0.717, 1.165) is 11.1 Å². The summed E-state index contributed by atoms with van der Waals surface area (Å²) in [5.74, 6) is -0.672. The van der Waals surface area contributed by atoms with E-state index >= 15 is 4.79 Å². The molecule has 14 nitrogen and oxygen atoms in total. The number of aromatic nitrogens is 5. The van der Waals surface area contributed by atoms with Crippen molar-refractivity contribution in [3.8, 4) is 22.9 Å². The highest BCUT2D eigenvalue weighted by Gasteiger charge is 2.66. The monoisotopic (exact) mass is 828 g/mol. The summed E-state index contributed by atoms with van der Waals surface area (Å²) in [6.45, 7) is 6.19. The van der Waals surface area contributed by atoms with Gasteiger partial charge in [0.15, 0.2) is 25.4 Å². The molecule has 5 atom stereocenters. The van der Waals surface area contributed by atoms with Crippen molar-refractivity contribution in [1.82, 2.24) is 24.1 Å². The number of carbonyl (C=O) groups is 1. The Morgan fingerprint density at radius 2 is 1.48 bits per heavy atom. The maximum atomic E-state index is 15.3. The van der Waals surface area contributed by atoms with E-state index < -0.39 is 25.9 Å². The van der Waals surface area contributed by atoms with Gasteiger partial charge in [-0.05, 0) is 85.2 Å². The smallest absolute Gasteiger partial charge is 0.297 e. The number of methoxy groups -OCH3 is 2. The van der Waals surface area contributed by atoms with Crippen LogP contribution in [-0.4, -0.2) is 75.2 Å². The Morgan fingerprint density at radius 1 is 0.850 bits per heavy atom. The van der Waals surface area contributed by atoms with Crippen LogP contribution in [0.3, 0.4) is 0 Å². The number of nitrogens with zero attached hydrogens (tertiary/aromatic N) is 6. The molecule has 2 aliphatic rings. The molecule has 5 heterocycles. The van der Waals surface area contributed by atoms with Crippen LogP contribution in [0.15, 0.2) is 125 Å². The highest BCUT2D eigenvalue weighted by Crippen LogP contribution is 2.60. The molecule has 1 amide bonds. The second kappa shape index (κ2) is 16.1. The van der Waals surface area contributed by atoms with E-state index in [0.29, 0.717) is 41.3 Å². The first-order valence-electron chi connectivity index (χ1n) is 19.9. The molecular weight excluding hydrogens is 781 g/mol. The topological polar surface area (TPSA) is 163 Å². The minimum absolute atomic E-state index is 0.130. The minimum atomic E-state index is -3.02. The molecule has 310 valence electrons. The first kappa shape index (κ1) is 40.6. The number of ether oxygens (including phenoxy) is 3. The number of fused-ring (bicyclic) bond motifs is 2. The predicted octanol–water partition coefficient (Wildman–Crippen LogP) is 5.16. The third-order valence-electron chi connectivity index (χ3n) is 12.0. The summed E-state index contributed by atoms with van der Waals surface area (Å²) in [5, 5.41) is 19.0. The summed E-state index contributed by atoms with van der Waals surface area (Å²) in [6.07, 6.45) is 5.04. The molecule has 6 aromatic rings. The molecule has 1 spiro atoms. The van der Waals surface area contributed by atoms with Crippen molar-refractivity contribution in [2.75, 3.05) is 25.7 Å². The van der Waals surface area contributed by atoms with Gasteiger partial charge in [-0.25, -0.2) is 0 Å². The lowest BCUT2D eigenvalue weighted by Gasteiger charge is -2.32. The first-order valence-corrected chi connectivity index (χ1v) is 23.0. The van der Waals surface area contributed by atoms with Crippen LogP contribution in [-0.2, 0) is 28.2 Å². The van der Waals surface area contributed by atoms with Gasteiger partial charge < -0.3 is 29.0 Å². The van der Waals surface area contributed by atoms with Crippen LogP contribution in [0.25, 0.3) is 11.4 Å². The SMILES string of the molecule is COc1cccn(-c2ccc(CN3C(=O)[C@@]4(O[C@@H](CCn5cc(C(CO)c6ccccc6)nn5)[C@H]([Si](C)(C)O)[C@H]4C)c4cc(-n5cccc(OC)c5=O)ccc43)cc2)c1=O. The number of rotatable bonds is 13. The zero-order valence-corrected chi connectivity index (χ0v) is 35.1. The fourth-order valence-electron chi connectivity index (χ4n) is 9.15. The number of aliphatic hydroxyl groups excluding tert-OH is 1. The number of benzene rings is 3. The van der Waals surface area contributed by atoms with Gasteiger partial charge in [0.2, 0.25) is 0 Å². The summed E-state index contributed by atoms with van der Waals surface area (Å²) >= 11 is 0. The van der Waals surface area contributed by atoms with Gasteiger partial charge in [-0.3, -0.25) is 28.2 Å². The van der Waals surface area contributed by atoms with Crippen LogP contribution in [0, 0.1) is 5.92 Å². The lowest BCUT2D eigenvalue weighted by atomic mass is 9.82. The van der Waals surface area contributed by atoms with Crippen LogP contribution < -0.4 is 25.5 Å². The van der Waals surface area contributed by atoms with Gasteiger partial charge in [0.25, 0.3) is 17.0 Å². The molecule has 2 N–H and O–H groups in total. The zero-order valence-electron chi connectivity index (χ0n) is 34.1. The Labute approximate surface area is 348 Å². The number of pyridine rings is 2. The molecule has 8 rings (SSSR count). The van der Waals surface area contributed by atoms with Gasteiger partial charge in [-0.15, -0.1) is 5.10 Å². The van der Waals surface area contributed by atoms with Crippen molar-refractivity contribution in [2.45, 2.75) is 62.7 Å². The molecule has 15 heteroatoms. The lowest BCUT2D eigenvalue weighted by Crippen LogP contribution is -2.46. The van der Waals surface area contributed by atoms with Crippen molar-refractivity contribution in [3.05, 3.63) is 159 Å². The van der Waals surface area contributed by atoms with Crippen LogP contribution >= 0.6 is 0 Å². The fourth-order valence-corrected chi connectivity index (χ4v) is 11.8. The largest absolute Gasteiger partial charge is 0.491 e. The van der Waals surface area contributed by atoms with Crippen LogP contribution in [0.2, 0.25) is 18.6 Å². The summed E-state index contributed by atoms with van der Waals surface area (Å²) in [7, 11) is -0.124. The molecule has 1 saturated heterocycles. The van der Waals surface area contributed by atoms with E-state index in [4.69, 9.17) is 14.2 Å². The van der Waals surface area contributed by atoms with Crippen molar-refractivity contribution in [1.29, 1.82) is 0 Å². The summed E-state index contributed by atoms with van der Waals surface area (Å²) in [6, 6.07) is 29.2. The van der Waals surface area contributed by atoms with Crippen molar-refractivity contribution in [3.63, 3.8) is 0 Å². The van der Waals surface area contributed by atoms with Gasteiger partial charge in [0.05, 0.1) is 50.8 Å². The predicted molar refractivity (Wildman–Crippen MR) is 228 cm³/mol. The maximum Gasteiger partial charge on any atom is 0.297 e. The molecule has 60 heavy (non-hydrogen) atoms. The quantitative estimate of drug-likeness (QED) is 0.149. The molecule has 1 unspecified atom stereocenters. The maximum absolute atomic E-state index is 15.3. The molecule has 3 aromatic carbocycles. The van der Waals surface area contributed by atoms with E-state index in [-0.39, 0.29) is 53.1 Å². The normalized spacial score (nSPS) is 20.4. The summed E-state index contributed by atoms with van der Waals surface area (Å²) < 4.78 is 22.4. The zero-order chi connectivity index (χ0) is 42.3. The highest BCUT2D eigenvalue weighted by molar-refractivity contribution is 6.71. The van der Waals surface area contributed by atoms with Crippen molar-refractivity contribution < 1.29 is 28.9 Å². The highest BCUT2D eigenvalue weighted by atomic mass is 28.4. The van der Waals surface area contributed by atoms with Gasteiger partial charge >= 0.3 is 0 Å². The number of hydrogen-bond acceptors (Lipinski definition) is 10. The molecule has 0 bridgehead atoms. The Balaban J connectivity index is 1.15. The molecular formula is C45H48N6O8Si. The van der Waals surface area contributed by atoms with Gasteiger partial charge in [-0.2, -0.15) is 0 Å². The fraction of sp³-hybridized carbons (Fsp3) is 0.311. The van der Waals surface area contributed by atoms with E-state index in [1.165, 1.54) is 23.4 Å². The Morgan fingerprint density at radius 3 is 2.10 bits per heavy atom. The second-order valence-corrected chi connectivity index (χ2v) is 19.9. The minimum Gasteiger partial charge on any atom is -0.491 e. The molecule has 0 aliphatic carbocycles. The van der Waals surface area contributed by atoms with Crippen molar-refractivity contribution >= 4 is 19.9 Å². The molecule has 3 aromatic heterocycles. The van der Waals surface area contributed by atoms with Gasteiger partial charge in [0, 0.05) is 53.5 Å². The number of carbonyl (C=O) groups excluding carboxylic acids is 1. The average molecular weight is 829 g/mol. The third kappa shape index (κ3) is 7.06. The Bertz CT molecular complexity index is 2640. The van der Waals surface area contributed by atoms with Gasteiger partial charge in [0.1, 0.15) is 0 Å². The van der Waals surface area contributed by atoms with Gasteiger partial charge in [-0.1, -0.05) is 54.6 Å².